The molecule has 0 saturated carbocycles. The summed E-state index contributed by atoms with van der Waals surface area (Å²) in [7, 11) is 3.34. The molecule has 0 aliphatic rings. The number of benzene rings is 1. The summed E-state index contributed by atoms with van der Waals surface area (Å²) in [6.07, 6.45) is 1.79. The second-order valence-electron chi connectivity index (χ2n) is 4.14. The third kappa shape index (κ3) is 2.67. The Bertz CT molecular complexity index is 620. The summed E-state index contributed by atoms with van der Waals surface area (Å²) >= 11 is 0. The summed E-state index contributed by atoms with van der Waals surface area (Å²) in [4.78, 5) is 11.2. The van der Waals surface area contributed by atoms with E-state index in [-0.39, 0.29) is 5.56 Å². The summed E-state index contributed by atoms with van der Waals surface area (Å²) in [5.41, 5.74) is 2.21. The smallest absolute Gasteiger partial charge is 0.337 e. The number of aromatic carboxylic acids is 1. The minimum atomic E-state index is -0.994. The van der Waals surface area contributed by atoms with E-state index in [4.69, 9.17) is 4.74 Å². The van der Waals surface area contributed by atoms with Crippen LogP contribution in [0.15, 0.2) is 24.4 Å². The quantitative estimate of drug-likeness (QED) is 0.882. The monoisotopic (exact) mass is 261 g/mol. The number of nitrogens with one attached hydrogen (secondary N) is 1. The number of aromatic nitrogens is 2. The van der Waals surface area contributed by atoms with Crippen LogP contribution < -0.4 is 10.1 Å². The second-order valence-corrected chi connectivity index (χ2v) is 4.14. The lowest BCUT2D eigenvalue weighted by Gasteiger charge is -2.10. The number of hydrogen-bond acceptors (Lipinski definition) is 4. The van der Waals surface area contributed by atoms with Crippen molar-refractivity contribution in [3.63, 3.8) is 0 Å². The van der Waals surface area contributed by atoms with E-state index in [1.165, 1.54) is 13.2 Å². The maximum atomic E-state index is 11.2. The van der Waals surface area contributed by atoms with Crippen LogP contribution in [0, 0.1) is 6.92 Å². The van der Waals surface area contributed by atoms with Gasteiger partial charge in [0.2, 0.25) is 0 Å². The van der Waals surface area contributed by atoms with Crippen LogP contribution in [0.25, 0.3) is 0 Å². The topological polar surface area (TPSA) is 76.4 Å². The SMILES string of the molecule is COc1ccc(C(=O)O)c(Nc2cn(C)nc2C)c1. The average Bonchev–Trinajstić information content (AvgIpc) is 2.67. The molecule has 0 bridgehead atoms. The highest BCUT2D eigenvalue weighted by Crippen LogP contribution is 2.27. The molecule has 2 aromatic rings. The first-order chi connectivity index (χ1) is 9.01. The molecule has 0 fully saturated rings. The molecule has 1 aromatic heterocycles. The molecule has 0 aliphatic heterocycles. The molecular formula is C13H15N3O3. The number of nitrogens with zero attached hydrogens (tertiary/aromatic N) is 2. The van der Waals surface area contributed by atoms with Crippen LogP contribution in [0.4, 0.5) is 11.4 Å². The van der Waals surface area contributed by atoms with E-state index in [1.54, 1.807) is 23.0 Å². The van der Waals surface area contributed by atoms with Crippen LogP contribution in [0.5, 0.6) is 5.75 Å². The van der Waals surface area contributed by atoms with Gasteiger partial charge in [-0.05, 0) is 19.1 Å². The minimum Gasteiger partial charge on any atom is -0.497 e. The van der Waals surface area contributed by atoms with Crippen LogP contribution in [-0.2, 0) is 7.05 Å². The van der Waals surface area contributed by atoms with Crippen LogP contribution in [0.2, 0.25) is 0 Å². The first-order valence-corrected chi connectivity index (χ1v) is 5.70. The van der Waals surface area contributed by atoms with Gasteiger partial charge in [-0.1, -0.05) is 0 Å². The molecule has 100 valence electrons. The summed E-state index contributed by atoms with van der Waals surface area (Å²) in [6.45, 7) is 1.85. The van der Waals surface area contributed by atoms with E-state index < -0.39 is 5.97 Å². The summed E-state index contributed by atoms with van der Waals surface area (Å²) < 4.78 is 6.77. The lowest BCUT2D eigenvalue weighted by molar-refractivity contribution is 0.0698. The third-order valence-electron chi connectivity index (χ3n) is 2.74. The van der Waals surface area contributed by atoms with E-state index in [0.29, 0.717) is 11.4 Å². The number of methoxy groups -OCH3 is 1. The molecule has 0 aliphatic carbocycles. The van der Waals surface area contributed by atoms with Crippen molar-refractivity contribution in [1.82, 2.24) is 9.78 Å². The van der Waals surface area contributed by atoms with Crippen molar-refractivity contribution < 1.29 is 14.6 Å². The maximum absolute atomic E-state index is 11.2. The standard InChI is InChI=1S/C13H15N3O3/c1-8-12(7-16(2)15-8)14-11-6-9(19-3)4-5-10(11)13(17)18/h4-7,14H,1-3H3,(H,17,18). The molecule has 0 spiro atoms. The molecule has 0 amide bonds. The number of carbonyl (C=O) groups is 1. The fourth-order valence-corrected chi connectivity index (χ4v) is 1.81. The molecule has 0 radical (unpaired) electrons. The fourth-order valence-electron chi connectivity index (χ4n) is 1.81. The molecule has 19 heavy (non-hydrogen) atoms. The van der Waals surface area contributed by atoms with Crippen molar-refractivity contribution >= 4 is 17.3 Å². The van der Waals surface area contributed by atoms with Gasteiger partial charge < -0.3 is 15.2 Å². The molecule has 2 N–H and O–H groups in total. The lowest BCUT2D eigenvalue weighted by atomic mass is 10.1. The predicted molar refractivity (Wildman–Crippen MR) is 71.2 cm³/mol. The second kappa shape index (κ2) is 5.01. The van der Waals surface area contributed by atoms with Gasteiger partial charge in [-0.15, -0.1) is 0 Å². The zero-order valence-corrected chi connectivity index (χ0v) is 11.0. The molecular weight excluding hydrogens is 246 g/mol. The summed E-state index contributed by atoms with van der Waals surface area (Å²) in [5, 5.41) is 16.5. The Hall–Kier alpha value is -2.50. The Kier molecular flexibility index (Phi) is 3.41. The van der Waals surface area contributed by atoms with Crippen molar-refractivity contribution in [1.29, 1.82) is 0 Å². The molecule has 1 heterocycles. The number of aryl methyl sites for hydroxylation is 2. The van der Waals surface area contributed by atoms with Crippen molar-refractivity contribution in [2.24, 2.45) is 7.05 Å². The molecule has 6 nitrogen and oxygen atoms in total. The minimum absolute atomic E-state index is 0.184. The molecule has 6 heteroatoms. The molecule has 0 atom stereocenters. The van der Waals surface area contributed by atoms with Crippen molar-refractivity contribution in [3.05, 3.63) is 35.7 Å². The highest BCUT2D eigenvalue weighted by atomic mass is 16.5. The number of carboxylic acids is 1. The maximum Gasteiger partial charge on any atom is 0.337 e. The van der Waals surface area contributed by atoms with Crippen LogP contribution in [0.3, 0.4) is 0 Å². The van der Waals surface area contributed by atoms with E-state index in [1.807, 2.05) is 14.0 Å². The van der Waals surface area contributed by atoms with Gasteiger partial charge in [0.15, 0.2) is 0 Å². The Balaban J connectivity index is 2.42. The number of hydrogen-bond donors (Lipinski definition) is 2. The molecule has 2 rings (SSSR count). The van der Waals surface area contributed by atoms with Crippen molar-refractivity contribution in [3.8, 4) is 5.75 Å². The van der Waals surface area contributed by atoms with E-state index >= 15 is 0 Å². The van der Waals surface area contributed by atoms with Crippen LogP contribution >= 0.6 is 0 Å². The third-order valence-corrected chi connectivity index (χ3v) is 2.74. The number of ether oxygens (including phenoxy) is 1. The summed E-state index contributed by atoms with van der Waals surface area (Å²) in [6, 6.07) is 4.77. The fraction of sp³-hybridized carbons (Fsp3) is 0.231. The summed E-state index contributed by atoms with van der Waals surface area (Å²) in [5.74, 6) is -0.402. The zero-order chi connectivity index (χ0) is 14.0. The Labute approximate surface area is 110 Å². The normalized spacial score (nSPS) is 10.3. The molecule has 0 saturated heterocycles. The first-order valence-electron chi connectivity index (χ1n) is 5.70. The lowest BCUT2D eigenvalue weighted by Crippen LogP contribution is -2.03. The largest absolute Gasteiger partial charge is 0.497 e. The van der Waals surface area contributed by atoms with Gasteiger partial charge in [-0.2, -0.15) is 5.10 Å². The average molecular weight is 261 g/mol. The van der Waals surface area contributed by atoms with Crippen molar-refractivity contribution in [2.45, 2.75) is 6.92 Å². The molecule has 1 aromatic carbocycles. The van der Waals surface area contributed by atoms with Crippen LogP contribution in [0.1, 0.15) is 16.1 Å². The Morgan fingerprint density at radius 2 is 2.16 bits per heavy atom. The number of carboxylic acid groups (broad SMARTS) is 1. The van der Waals surface area contributed by atoms with Gasteiger partial charge in [-0.3, -0.25) is 4.68 Å². The van der Waals surface area contributed by atoms with Gasteiger partial charge in [0.05, 0.1) is 29.7 Å². The van der Waals surface area contributed by atoms with Gasteiger partial charge >= 0.3 is 5.97 Å². The predicted octanol–water partition coefficient (Wildman–Crippen LogP) is 2.18. The van der Waals surface area contributed by atoms with E-state index in [2.05, 4.69) is 10.4 Å². The first kappa shape index (κ1) is 12.9. The van der Waals surface area contributed by atoms with Gasteiger partial charge in [-0.25, -0.2) is 4.79 Å². The zero-order valence-electron chi connectivity index (χ0n) is 11.0. The van der Waals surface area contributed by atoms with E-state index in [9.17, 15) is 9.90 Å². The van der Waals surface area contributed by atoms with Gasteiger partial charge in [0.1, 0.15) is 5.75 Å². The van der Waals surface area contributed by atoms with Crippen molar-refractivity contribution in [2.75, 3.05) is 12.4 Å². The Morgan fingerprint density at radius 3 is 2.68 bits per heavy atom. The van der Waals surface area contributed by atoms with Crippen LogP contribution in [-0.4, -0.2) is 28.0 Å². The number of rotatable bonds is 4. The Morgan fingerprint density at radius 1 is 1.42 bits per heavy atom. The van der Waals surface area contributed by atoms with Gasteiger partial charge in [0.25, 0.3) is 0 Å². The highest BCUT2D eigenvalue weighted by Gasteiger charge is 2.13. The highest BCUT2D eigenvalue weighted by molar-refractivity contribution is 5.95. The number of anilines is 2. The molecule has 0 unspecified atom stereocenters. The van der Waals surface area contributed by atoms with E-state index in [0.717, 1.165) is 11.4 Å². The van der Waals surface area contributed by atoms with Gasteiger partial charge in [0, 0.05) is 19.3 Å².